The van der Waals surface area contributed by atoms with Crippen molar-refractivity contribution < 1.29 is 19.0 Å². The summed E-state index contributed by atoms with van der Waals surface area (Å²) in [7, 11) is 0. The molecule has 1 N–H and O–H groups in total. The van der Waals surface area contributed by atoms with Crippen molar-refractivity contribution in [2.24, 2.45) is 0 Å². The first-order valence-electron chi connectivity index (χ1n) is 8.35. The van der Waals surface area contributed by atoms with Crippen LogP contribution >= 0.6 is 11.5 Å². The van der Waals surface area contributed by atoms with Gasteiger partial charge in [0.05, 0.1) is 11.3 Å². The maximum absolute atomic E-state index is 12.5. The maximum Gasteiger partial charge on any atom is 0.254 e. The second kappa shape index (κ2) is 6.65. The highest BCUT2D eigenvalue weighted by molar-refractivity contribution is 7.03. The van der Waals surface area contributed by atoms with E-state index in [2.05, 4.69) is 15.8 Å². The molecule has 2 aliphatic rings. The molecule has 1 fully saturated rings. The normalized spacial score (nSPS) is 18.1. The number of carbonyl (C=O) groups excluding carboxylic acids is 1. The summed E-state index contributed by atoms with van der Waals surface area (Å²) in [6.45, 7) is 4.04. The van der Waals surface area contributed by atoms with Crippen molar-refractivity contribution in [1.82, 2.24) is 9.69 Å². The van der Waals surface area contributed by atoms with Gasteiger partial charge in [-0.3, -0.25) is 4.79 Å². The summed E-state index contributed by atoms with van der Waals surface area (Å²) in [5, 5.41) is 4.90. The van der Waals surface area contributed by atoms with E-state index in [0.717, 1.165) is 35.6 Å². The van der Waals surface area contributed by atoms with Gasteiger partial charge in [0.25, 0.3) is 5.91 Å². The molecule has 3 heterocycles. The van der Waals surface area contributed by atoms with E-state index in [9.17, 15) is 4.79 Å². The first-order valence-corrected chi connectivity index (χ1v) is 9.19. The van der Waals surface area contributed by atoms with Gasteiger partial charge < -0.3 is 19.5 Å². The minimum atomic E-state index is -0.160. The van der Waals surface area contributed by atoms with Crippen LogP contribution in [0.1, 0.15) is 34.5 Å². The molecule has 0 atom stereocenters. The Morgan fingerprint density at radius 1 is 1.28 bits per heavy atom. The standard InChI is InChI=1S/C18H20N2O4S/c1-12-14(9-25-20-12)17(21)19-10-18(4-6-22-7-5-18)13-2-3-15-16(8-13)24-11-23-15/h2-3,8-9H,4-7,10-11H2,1H3,(H,19,21). The second-order valence-corrected chi connectivity index (χ2v) is 7.09. The summed E-state index contributed by atoms with van der Waals surface area (Å²) >= 11 is 1.30. The number of hydrogen-bond donors (Lipinski definition) is 1. The summed E-state index contributed by atoms with van der Waals surface area (Å²) < 4.78 is 20.7. The van der Waals surface area contributed by atoms with Crippen LogP contribution in [0.4, 0.5) is 0 Å². The number of benzene rings is 1. The first kappa shape index (κ1) is 16.4. The molecule has 1 amide bonds. The van der Waals surface area contributed by atoms with Crippen LogP contribution in [0, 0.1) is 6.92 Å². The van der Waals surface area contributed by atoms with Gasteiger partial charge in [-0.25, -0.2) is 0 Å². The Hall–Kier alpha value is -2.12. The Balaban J connectivity index is 1.57. The zero-order chi connectivity index (χ0) is 17.3. The smallest absolute Gasteiger partial charge is 0.254 e. The van der Waals surface area contributed by atoms with E-state index in [1.54, 1.807) is 5.38 Å². The summed E-state index contributed by atoms with van der Waals surface area (Å²) in [4.78, 5) is 12.5. The number of hydrogen-bond acceptors (Lipinski definition) is 6. The lowest BCUT2D eigenvalue weighted by molar-refractivity contribution is 0.0486. The summed E-state index contributed by atoms with van der Waals surface area (Å²) in [6.07, 6.45) is 1.71. The highest BCUT2D eigenvalue weighted by Crippen LogP contribution is 2.40. The van der Waals surface area contributed by atoms with E-state index >= 15 is 0 Å². The molecule has 7 heteroatoms. The number of aromatic nitrogens is 1. The molecule has 1 aromatic carbocycles. The molecule has 4 rings (SSSR count). The van der Waals surface area contributed by atoms with E-state index < -0.39 is 0 Å². The third kappa shape index (κ3) is 3.09. The monoisotopic (exact) mass is 360 g/mol. The molecule has 1 aromatic heterocycles. The third-order valence-corrected chi connectivity index (χ3v) is 5.74. The molecule has 0 spiro atoms. The molecule has 0 aliphatic carbocycles. The fourth-order valence-corrected chi connectivity index (χ4v) is 4.10. The molecule has 25 heavy (non-hydrogen) atoms. The highest BCUT2D eigenvalue weighted by atomic mass is 32.1. The third-order valence-electron chi connectivity index (χ3n) is 5.02. The predicted molar refractivity (Wildman–Crippen MR) is 93.5 cm³/mol. The Labute approximate surface area is 150 Å². The van der Waals surface area contributed by atoms with Gasteiger partial charge in [-0.1, -0.05) is 6.07 Å². The molecule has 0 saturated carbocycles. The Bertz CT molecular complexity index is 783. The topological polar surface area (TPSA) is 69.7 Å². The molecule has 2 aromatic rings. The molecule has 0 bridgehead atoms. The number of nitrogens with one attached hydrogen (secondary N) is 1. The summed E-state index contributed by atoms with van der Waals surface area (Å²) in [5.41, 5.74) is 2.41. The molecule has 0 radical (unpaired) electrons. The van der Waals surface area contributed by atoms with Crippen molar-refractivity contribution >= 4 is 17.4 Å². The Morgan fingerprint density at radius 2 is 2.08 bits per heavy atom. The van der Waals surface area contributed by atoms with Crippen molar-refractivity contribution in [2.75, 3.05) is 26.6 Å². The van der Waals surface area contributed by atoms with Gasteiger partial charge in [0.15, 0.2) is 11.5 Å². The van der Waals surface area contributed by atoms with Gasteiger partial charge in [-0.15, -0.1) is 0 Å². The summed E-state index contributed by atoms with van der Waals surface area (Å²) in [5.74, 6) is 1.47. The molecule has 6 nitrogen and oxygen atoms in total. The van der Waals surface area contributed by atoms with E-state index in [0.29, 0.717) is 25.3 Å². The lowest BCUT2D eigenvalue weighted by Gasteiger charge is -2.38. The zero-order valence-electron chi connectivity index (χ0n) is 14.0. The number of ether oxygens (including phenoxy) is 3. The van der Waals surface area contributed by atoms with Gasteiger partial charge in [0, 0.05) is 30.6 Å². The Kier molecular flexibility index (Phi) is 4.35. The Morgan fingerprint density at radius 3 is 2.84 bits per heavy atom. The number of aryl methyl sites for hydroxylation is 1. The minimum Gasteiger partial charge on any atom is -0.454 e. The van der Waals surface area contributed by atoms with Gasteiger partial charge in [0.1, 0.15) is 0 Å². The van der Waals surface area contributed by atoms with Crippen molar-refractivity contribution in [3.05, 3.63) is 40.4 Å². The number of carbonyl (C=O) groups is 1. The van der Waals surface area contributed by atoms with Crippen molar-refractivity contribution in [1.29, 1.82) is 0 Å². The number of rotatable bonds is 4. The highest BCUT2D eigenvalue weighted by Gasteiger charge is 2.36. The van der Waals surface area contributed by atoms with E-state index in [1.807, 2.05) is 19.1 Å². The second-order valence-electron chi connectivity index (χ2n) is 6.46. The summed E-state index contributed by atoms with van der Waals surface area (Å²) in [6, 6.07) is 6.06. The first-order chi connectivity index (χ1) is 12.2. The number of fused-ring (bicyclic) bond motifs is 1. The van der Waals surface area contributed by atoms with Crippen LogP contribution < -0.4 is 14.8 Å². The average molecular weight is 360 g/mol. The molecule has 132 valence electrons. The van der Waals surface area contributed by atoms with Crippen LogP contribution in [0.25, 0.3) is 0 Å². The molecular formula is C18H20N2O4S. The van der Waals surface area contributed by atoms with Crippen molar-refractivity contribution in [2.45, 2.75) is 25.2 Å². The van der Waals surface area contributed by atoms with Gasteiger partial charge >= 0.3 is 0 Å². The average Bonchev–Trinajstić information content (AvgIpc) is 3.28. The van der Waals surface area contributed by atoms with Gasteiger partial charge in [-0.05, 0) is 49.0 Å². The van der Waals surface area contributed by atoms with Gasteiger partial charge in [0.2, 0.25) is 6.79 Å². The maximum atomic E-state index is 12.5. The molecule has 0 unspecified atom stereocenters. The lowest BCUT2D eigenvalue weighted by atomic mass is 9.74. The number of amides is 1. The fraction of sp³-hybridized carbons (Fsp3) is 0.444. The largest absolute Gasteiger partial charge is 0.454 e. The van der Waals surface area contributed by atoms with Crippen molar-refractivity contribution in [3.8, 4) is 11.5 Å². The van der Waals surface area contributed by atoms with E-state index in [1.165, 1.54) is 11.5 Å². The lowest BCUT2D eigenvalue weighted by Crippen LogP contribution is -2.44. The fourth-order valence-electron chi connectivity index (χ4n) is 3.41. The van der Waals surface area contributed by atoms with Crippen molar-refractivity contribution in [3.63, 3.8) is 0 Å². The van der Waals surface area contributed by atoms with Gasteiger partial charge in [-0.2, -0.15) is 4.37 Å². The molecule has 2 aliphatic heterocycles. The minimum absolute atomic E-state index is 0.0714. The molecule has 1 saturated heterocycles. The quantitative estimate of drug-likeness (QED) is 0.908. The zero-order valence-corrected chi connectivity index (χ0v) is 14.9. The molecular weight excluding hydrogens is 340 g/mol. The van der Waals surface area contributed by atoms with Crippen LogP contribution in [0.2, 0.25) is 0 Å². The van der Waals surface area contributed by atoms with Crippen LogP contribution in [-0.4, -0.2) is 36.8 Å². The van der Waals surface area contributed by atoms with E-state index in [-0.39, 0.29) is 18.1 Å². The van der Waals surface area contributed by atoms with Crippen LogP contribution in [0.3, 0.4) is 0 Å². The van der Waals surface area contributed by atoms with Crippen LogP contribution in [-0.2, 0) is 10.2 Å². The SMILES string of the molecule is Cc1nscc1C(=O)NCC1(c2ccc3c(c2)OCO3)CCOCC1. The van der Waals surface area contributed by atoms with Crippen LogP contribution in [0.5, 0.6) is 11.5 Å². The predicted octanol–water partition coefficient (Wildman–Crippen LogP) is 2.66. The van der Waals surface area contributed by atoms with E-state index in [4.69, 9.17) is 14.2 Å². The number of nitrogens with zero attached hydrogens (tertiary/aromatic N) is 1. The van der Waals surface area contributed by atoms with Crippen LogP contribution in [0.15, 0.2) is 23.6 Å².